The largest absolute Gasteiger partial charge is 0.356 e. The van der Waals surface area contributed by atoms with Crippen molar-refractivity contribution in [2.24, 2.45) is 10.9 Å². The molecule has 1 aromatic carbocycles. The fourth-order valence-corrected chi connectivity index (χ4v) is 2.03. The summed E-state index contributed by atoms with van der Waals surface area (Å²) in [5.74, 6) is 1.74. The third-order valence-electron chi connectivity index (χ3n) is 3.12. The standard InChI is InChI=1S/C14H20ClN3/c1-16-14(18-10-11-6-7-11)17-9-8-12-4-2-3-5-13(12)15/h2-5,11H,6-10H2,1H3,(H2,16,17,18). The van der Waals surface area contributed by atoms with Gasteiger partial charge in [-0.2, -0.15) is 0 Å². The Balaban J connectivity index is 1.71. The lowest BCUT2D eigenvalue weighted by Crippen LogP contribution is -2.39. The van der Waals surface area contributed by atoms with Gasteiger partial charge in [-0.3, -0.25) is 4.99 Å². The fourth-order valence-electron chi connectivity index (χ4n) is 1.80. The minimum Gasteiger partial charge on any atom is -0.356 e. The summed E-state index contributed by atoms with van der Waals surface area (Å²) >= 11 is 6.11. The van der Waals surface area contributed by atoms with Crippen LogP contribution in [0.5, 0.6) is 0 Å². The van der Waals surface area contributed by atoms with Crippen LogP contribution in [0.25, 0.3) is 0 Å². The second-order valence-electron chi connectivity index (χ2n) is 4.66. The van der Waals surface area contributed by atoms with Gasteiger partial charge in [0.25, 0.3) is 0 Å². The molecule has 0 atom stereocenters. The van der Waals surface area contributed by atoms with Gasteiger partial charge in [-0.25, -0.2) is 0 Å². The highest BCUT2D eigenvalue weighted by molar-refractivity contribution is 6.31. The molecule has 0 bridgehead atoms. The average molecular weight is 266 g/mol. The average Bonchev–Trinajstić information content (AvgIpc) is 3.19. The second-order valence-corrected chi connectivity index (χ2v) is 5.07. The number of benzene rings is 1. The minimum atomic E-state index is 0.834. The number of aliphatic imine (C=N–C) groups is 1. The maximum Gasteiger partial charge on any atom is 0.190 e. The van der Waals surface area contributed by atoms with Gasteiger partial charge in [0.05, 0.1) is 0 Å². The SMILES string of the molecule is CN=C(NCCc1ccccc1Cl)NCC1CC1. The number of halogens is 1. The van der Waals surface area contributed by atoms with Crippen molar-refractivity contribution in [3.8, 4) is 0 Å². The molecule has 0 unspecified atom stereocenters. The van der Waals surface area contributed by atoms with Crippen molar-refractivity contribution in [2.45, 2.75) is 19.3 Å². The molecule has 1 aromatic rings. The van der Waals surface area contributed by atoms with Gasteiger partial charge in [0, 0.05) is 25.2 Å². The normalized spacial score (nSPS) is 15.6. The quantitative estimate of drug-likeness (QED) is 0.634. The van der Waals surface area contributed by atoms with E-state index in [2.05, 4.69) is 21.7 Å². The minimum absolute atomic E-state index is 0.834. The molecule has 0 aromatic heterocycles. The first-order valence-corrected chi connectivity index (χ1v) is 6.85. The van der Waals surface area contributed by atoms with Crippen molar-refractivity contribution in [1.82, 2.24) is 10.6 Å². The molecule has 0 aliphatic heterocycles. The number of hydrogen-bond acceptors (Lipinski definition) is 1. The van der Waals surface area contributed by atoms with Crippen LogP contribution in [0.15, 0.2) is 29.3 Å². The molecular weight excluding hydrogens is 246 g/mol. The van der Waals surface area contributed by atoms with E-state index in [9.17, 15) is 0 Å². The summed E-state index contributed by atoms with van der Waals surface area (Å²) in [5.41, 5.74) is 1.17. The summed E-state index contributed by atoms with van der Waals surface area (Å²) in [6, 6.07) is 7.96. The van der Waals surface area contributed by atoms with Crippen molar-refractivity contribution in [3.63, 3.8) is 0 Å². The van der Waals surface area contributed by atoms with Gasteiger partial charge in [0.2, 0.25) is 0 Å². The van der Waals surface area contributed by atoms with Crippen molar-refractivity contribution in [2.75, 3.05) is 20.1 Å². The van der Waals surface area contributed by atoms with E-state index in [1.165, 1.54) is 18.4 Å². The lowest BCUT2D eigenvalue weighted by Gasteiger charge is -2.11. The van der Waals surface area contributed by atoms with Gasteiger partial charge in [-0.1, -0.05) is 29.8 Å². The molecule has 4 heteroatoms. The van der Waals surface area contributed by atoms with Gasteiger partial charge >= 0.3 is 0 Å². The van der Waals surface area contributed by atoms with Gasteiger partial charge in [0.1, 0.15) is 0 Å². The predicted octanol–water partition coefficient (Wildman–Crippen LogP) is 2.46. The summed E-state index contributed by atoms with van der Waals surface area (Å²) in [5, 5.41) is 7.48. The Bertz CT molecular complexity index is 413. The first-order valence-electron chi connectivity index (χ1n) is 6.47. The first kappa shape index (κ1) is 13.2. The maximum absolute atomic E-state index is 6.11. The Labute approximate surface area is 114 Å². The smallest absolute Gasteiger partial charge is 0.190 e. The molecule has 0 heterocycles. The summed E-state index contributed by atoms with van der Waals surface area (Å²) < 4.78 is 0. The first-order chi connectivity index (χ1) is 8.79. The Morgan fingerprint density at radius 2 is 2.11 bits per heavy atom. The molecule has 1 fully saturated rings. The highest BCUT2D eigenvalue weighted by Crippen LogP contribution is 2.27. The van der Waals surface area contributed by atoms with Crippen molar-refractivity contribution in [3.05, 3.63) is 34.9 Å². The van der Waals surface area contributed by atoms with Crippen LogP contribution in [0.3, 0.4) is 0 Å². The maximum atomic E-state index is 6.11. The number of guanidine groups is 1. The predicted molar refractivity (Wildman–Crippen MR) is 77.2 cm³/mol. The molecule has 0 spiro atoms. The van der Waals surface area contributed by atoms with Crippen molar-refractivity contribution < 1.29 is 0 Å². The Kier molecular flexibility index (Phi) is 4.88. The zero-order chi connectivity index (χ0) is 12.8. The Morgan fingerprint density at radius 1 is 1.33 bits per heavy atom. The molecule has 0 saturated heterocycles. The van der Waals surface area contributed by atoms with E-state index in [0.29, 0.717) is 0 Å². The fraction of sp³-hybridized carbons (Fsp3) is 0.500. The second kappa shape index (κ2) is 6.64. The van der Waals surface area contributed by atoms with Crippen LogP contribution in [-0.4, -0.2) is 26.1 Å². The molecule has 1 aliphatic rings. The van der Waals surface area contributed by atoms with Crippen LogP contribution in [-0.2, 0) is 6.42 Å². The molecule has 3 nitrogen and oxygen atoms in total. The van der Waals surface area contributed by atoms with E-state index in [1.807, 2.05) is 18.2 Å². The third kappa shape index (κ3) is 4.22. The monoisotopic (exact) mass is 265 g/mol. The zero-order valence-electron chi connectivity index (χ0n) is 10.7. The number of hydrogen-bond donors (Lipinski definition) is 2. The van der Waals surface area contributed by atoms with Crippen molar-refractivity contribution in [1.29, 1.82) is 0 Å². The summed E-state index contributed by atoms with van der Waals surface area (Å²) in [4.78, 5) is 4.20. The third-order valence-corrected chi connectivity index (χ3v) is 3.49. The molecule has 2 N–H and O–H groups in total. The molecule has 98 valence electrons. The van der Waals surface area contributed by atoms with Crippen LogP contribution in [0.4, 0.5) is 0 Å². The van der Waals surface area contributed by atoms with Crippen LogP contribution >= 0.6 is 11.6 Å². The topological polar surface area (TPSA) is 36.4 Å². The highest BCUT2D eigenvalue weighted by atomic mass is 35.5. The van der Waals surface area contributed by atoms with Gasteiger partial charge in [-0.15, -0.1) is 0 Å². The summed E-state index contributed by atoms with van der Waals surface area (Å²) in [6.07, 6.45) is 3.61. The van der Waals surface area contributed by atoms with E-state index in [0.717, 1.165) is 36.4 Å². The molecular formula is C14H20ClN3. The molecule has 2 rings (SSSR count). The van der Waals surface area contributed by atoms with Crippen LogP contribution in [0.1, 0.15) is 18.4 Å². The van der Waals surface area contributed by atoms with Gasteiger partial charge in [-0.05, 0) is 36.8 Å². The van der Waals surface area contributed by atoms with E-state index < -0.39 is 0 Å². The van der Waals surface area contributed by atoms with E-state index in [1.54, 1.807) is 7.05 Å². The van der Waals surface area contributed by atoms with E-state index in [4.69, 9.17) is 11.6 Å². The molecule has 0 amide bonds. The lowest BCUT2D eigenvalue weighted by molar-refractivity contribution is 0.734. The highest BCUT2D eigenvalue weighted by Gasteiger charge is 2.20. The molecule has 0 radical (unpaired) electrons. The van der Waals surface area contributed by atoms with Crippen LogP contribution in [0.2, 0.25) is 5.02 Å². The lowest BCUT2D eigenvalue weighted by atomic mass is 10.1. The van der Waals surface area contributed by atoms with Crippen LogP contribution < -0.4 is 10.6 Å². The van der Waals surface area contributed by atoms with Gasteiger partial charge in [0.15, 0.2) is 5.96 Å². The molecule has 1 aliphatic carbocycles. The number of nitrogens with one attached hydrogen (secondary N) is 2. The number of nitrogens with zero attached hydrogens (tertiary/aromatic N) is 1. The van der Waals surface area contributed by atoms with E-state index >= 15 is 0 Å². The molecule has 1 saturated carbocycles. The molecule has 18 heavy (non-hydrogen) atoms. The zero-order valence-corrected chi connectivity index (χ0v) is 11.5. The Hall–Kier alpha value is -1.22. The summed E-state index contributed by atoms with van der Waals surface area (Å²) in [6.45, 7) is 1.87. The van der Waals surface area contributed by atoms with Gasteiger partial charge < -0.3 is 10.6 Å². The summed E-state index contributed by atoms with van der Waals surface area (Å²) in [7, 11) is 1.80. The Morgan fingerprint density at radius 3 is 2.78 bits per heavy atom. The van der Waals surface area contributed by atoms with Crippen LogP contribution in [0, 0.1) is 5.92 Å². The number of rotatable bonds is 5. The van der Waals surface area contributed by atoms with E-state index in [-0.39, 0.29) is 0 Å². The van der Waals surface area contributed by atoms with Crippen molar-refractivity contribution >= 4 is 17.6 Å².